The lowest BCUT2D eigenvalue weighted by atomic mass is 10.1. The van der Waals surface area contributed by atoms with Crippen LogP contribution in [0.15, 0.2) is 40.9 Å². The van der Waals surface area contributed by atoms with Gasteiger partial charge in [-0.1, -0.05) is 15.9 Å². The van der Waals surface area contributed by atoms with E-state index in [9.17, 15) is 4.79 Å². The number of nitrogens with one attached hydrogen (secondary N) is 1. The van der Waals surface area contributed by atoms with Gasteiger partial charge >= 0.3 is 5.97 Å². The van der Waals surface area contributed by atoms with Crippen LogP contribution >= 0.6 is 15.9 Å². The quantitative estimate of drug-likeness (QED) is 0.687. The third-order valence-electron chi connectivity index (χ3n) is 3.33. The molecule has 0 heterocycles. The molecule has 0 atom stereocenters. The van der Waals surface area contributed by atoms with Gasteiger partial charge in [0.05, 0.1) is 18.8 Å². The number of ether oxygens (including phenoxy) is 2. The molecule has 2 rings (SSSR count). The van der Waals surface area contributed by atoms with Crippen LogP contribution in [0.4, 0.5) is 5.69 Å². The normalized spacial score (nSPS) is 10.3. The molecule has 0 bridgehead atoms. The van der Waals surface area contributed by atoms with E-state index in [-0.39, 0.29) is 5.56 Å². The Labute approximate surface area is 149 Å². The highest BCUT2D eigenvalue weighted by Crippen LogP contribution is 2.34. The summed E-state index contributed by atoms with van der Waals surface area (Å²) in [5.41, 5.74) is 2.13. The van der Waals surface area contributed by atoms with Crippen molar-refractivity contribution >= 4 is 27.6 Å². The zero-order valence-electron chi connectivity index (χ0n) is 13.6. The van der Waals surface area contributed by atoms with Crippen molar-refractivity contribution in [1.82, 2.24) is 0 Å². The van der Waals surface area contributed by atoms with Crippen molar-refractivity contribution in [1.29, 1.82) is 0 Å². The summed E-state index contributed by atoms with van der Waals surface area (Å²) in [5, 5.41) is 12.2. The Kier molecular flexibility index (Phi) is 6.49. The number of halogens is 1. The average Bonchev–Trinajstić information content (AvgIpc) is 2.57. The molecule has 6 heteroatoms. The molecule has 2 aromatic rings. The van der Waals surface area contributed by atoms with Crippen LogP contribution in [0.5, 0.6) is 11.5 Å². The van der Waals surface area contributed by atoms with Crippen LogP contribution in [0.25, 0.3) is 0 Å². The van der Waals surface area contributed by atoms with Crippen LogP contribution in [-0.2, 0) is 6.54 Å². The minimum absolute atomic E-state index is 0.265. The molecule has 2 aromatic carbocycles. The van der Waals surface area contributed by atoms with Crippen molar-refractivity contribution in [3.05, 3.63) is 52.0 Å². The van der Waals surface area contributed by atoms with E-state index >= 15 is 0 Å². The number of hydrogen-bond donors (Lipinski definition) is 2. The first-order valence-corrected chi connectivity index (χ1v) is 8.49. The zero-order valence-corrected chi connectivity index (χ0v) is 15.2. The fourth-order valence-electron chi connectivity index (χ4n) is 2.18. The third-order valence-corrected chi connectivity index (χ3v) is 4.07. The van der Waals surface area contributed by atoms with Crippen LogP contribution in [0.2, 0.25) is 0 Å². The van der Waals surface area contributed by atoms with Gasteiger partial charge in [0.15, 0.2) is 11.5 Å². The van der Waals surface area contributed by atoms with E-state index in [1.807, 2.05) is 26.0 Å². The molecule has 0 aliphatic carbocycles. The van der Waals surface area contributed by atoms with Gasteiger partial charge in [0.25, 0.3) is 0 Å². The third kappa shape index (κ3) is 4.64. The smallest absolute Gasteiger partial charge is 0.335 e. The maximum absolute atomic E-state index is 10.9. The number of benzene rings is 2. The lowest BCUT2D eigenvalue weighted by molar-refractivity contribution is 0.0697. The molecule has 0 fully saturated rings. The fraction of sp³-hybridized carbons (Fsp3) is 0.278. The maximum atomic E-state index is 10.9. The molecule has 5 nitrogen and oxygen atoms in total. The van der Waals surface area contributed by atoms with E-state index in [4.69, 9.17) is 14.6 Å². The van der Waals surface area contributed by atoms with Crippen molar-refractivity contribution < 1.29 is 19.4 Å². The number of carboxylic acid groups (broad SMARTS) is 1. The Morgan fingerprint density at radius 3 is 2.21 bits per heavy atom. The monoisotopic (exact) mass is 393 g/mol. The molecule has 24 heavy (non-hydrogen) atoms. The topological polar surface area (TPSA) is 67.8 Å². The summed E-state index contributed by atoms with van der Waals surface area (Å²) in [6.45, 7) is 5.56. The number of carbonyl (C=O) groups is 1. The Morgan fingerprint density at radius 2 is 1.67 bits per heavy atom. The Balaban J connectivity index is 2.13. The highest BCUT2D eigenvalue weighted by Gasteiger charge is 2.11. The lowest BCUT2D eigenvalue weighted by Crippen LogP contribution is -2.04. The summed E-state index contributed by atoms with van der Waals surface area (Å²) in [6.07, 6.45) is 0. The first-order valence-electron chi connectivity index (χ1n) is 7.70. The summed E-state index contributed by atoms with van der Waals surface area (Å²) >= 11 is 3.55. The first kappa shape index (κ1) is 18.1. The molecule has 0 amide bonds. The molecule has 0 aliphatic heterocycles. The summed E-state index contributed by atoms with van der Waals surface area (Å²) in [6, 6.07) is 10.5. The van der Waals surface area contributed by atoms with Crippen LogP contribution in [-0.4, -0.2) is 24.3 Å². The van der Waals surface area contributed by atoms with Crippen LogP contribution in [0, 0.1) is 0 Å². The Morgan fingerprint density at radius 1 is 1.08 bits per heavy atom. The van der Waals surface area contributed by atoms with Gasteiger partial charge in [-0.05, 0) is 55.8 Å². The zero-order chi connectivity index (χ0) is 17.5. The van der Waals surface area contributed by atoms with Crippen molar-refractivity contribution in [2.24, 2.45) is 0 Å². The average molecular weight is 394 g/mol. The predicted molar refractivity (Wildman–Crippen MR) is 97.2 cm³/mol. The summed E-state index contributed by atoms with van der Waals surface area (Å²) in [5.74, 6) is 0.485. The minimum atomic E-state index is -0.933. The molecular formula is C18H20BrNO4. The summed E-state index contributed by atoms with van der Waals surface area (Å²) < 4.78 is 12.2. The van der Waals surface area contributed by atoms with Crippen molar-refractivity contribution in [2.45, 2.75) is 20.4 Å². The van der Waals surface area contributed by atoms with Gasteiger partial charge in [-0.2, -0.15) is 0 Å². The van der Waals surface area contributed by atoms with Crippen molar-refractivity contribution in [3.8, 4) is 11.5 Å². The largest absolute Gasteiger partial charge is 0.490 e. The molecule has 0 unspecified atom stereocenters. The van der Waals surface area contributed by atoms with E-state index in [0.29, 0.717) is 31.3 Å². The SMILES string of the molecule is CCOc1cc(Br)c(CNc2ccc(C(=O)O)cc2)cc1OCC. The van der Waals surface area contributed by atoms with Gasteiger partial charge in [-0.15, -0.1) is 0 Å². The van der Waals surface area contributed by atoms with Crippen LogP contribution in [0.1, 0.15) is 29.8 Å². The van der Waals surface area contributed by atoms with E-state index in [2.05, 4.69) is 21.2 Å². The van der Waals surface area contributed by atoms with E-state index in [1.165, 1.54) is 0 Å². The molecule has 0 saturated heterocycles. The Hall–Kier alpha value is -2.21. The Bertz CT molecular complexity index is 701. The van der Waals surface area contributed by atoms with E-state index in [0.717, 1.165) is 15.7 Å². The van der Waals surface area contributed by atoms with Gasteiger partial charge in [0.2, 0.25) is 0 Å². The van der Waals surface area contributed by atoms with E-state index < -0.39 is 5.97 Å². The van der Waals surface area contributed by atoms with Gasteiger partial charge in [0, 0.05) is 16.7 Å². The molecule has 0 saturated carbocycles. The maximum Gasteiger partial charge on any atom is 0.335 e. The van der Waals surface area contributed by atoms with Crippen molar-refractivity contribution in [3.63, 3.8) is 0 Å². The van der Waals surface area contributed by atoms with Crippen LogP contribution < -0.4 is 14.8 Å². The standard InChI is InChI=1S/C18H20BrNO4/c1-3-23-16-9-13(15(19)10-17(16)24-4-2)11-20-14-7-5-12(6-8-14)18(21)22/h5-10,20H,3-4,11H2,1-2H3,(H,21,22). The molecule has 0 spiro atoms. The van der Waals surface area contributed by atoms with Crippen molar-refractivity contribution in [2.75, 3.05) is 18.5 Å². The molecule has 128 valence electrons. The highest BCUT2D eigenvalue weighted by molar-refractivity contribution is 9.10. The molecule has 2 N–H and O–H groups in total. The van der Waals surface area contributed by atoms with Gasteiger partial charge in [0.1, 0.15) is 0 Å². The molecule has 0 radical (unpaired) electrons. The first-order chi connectivity index (χ1) is 11.5. The summed E-state index contributed by atoms with van der Waals surface area (Å²) in [4.78, 5) is 10.9. The number of hydrogen-bond acceptors (Lipinski definition) is 4. The highest BCUT2D eigenvalue weighted by atomic mass is 79.9. The second-order valence-electron chi connectivity index (χ2n) is 4.99. The van der Waals surface area contributed by atoms with Gasteiger partial charge < -0.3 is 19.9 Å². The second kappa shape index (κ2) is 8.59. The molecule has 0 aliphatic rings. The van der Waals surface area contributed by atoms with Gasteiger partial charge in [-0.3, -0.25) is 0 Å². The predicted octanol–water partition coefficient (Wildman–Crippen LogP) is 4.56. The minimum Gasteiger partial charge on any atom is -0.490 e. The summed E-state index contributed by atoms with van der Waals surface area (Å²) in [7, 11) is 0. The van der Waals surface area contributed by atoms with Crippen LogP contribution in [0.3, 0.4) is 0 Å². The second-order valence-corrected chi connectivity index (χ2v) is 5.85. The van der Waals surface area contributed by atoms with Gasteiger partial charge in [-0.25, -0.2) is 4.79 Å². The van der Waals surface area contributed by atoms with E-state index in [1.54, 1.807) is 24.3 Å². The lowest BCUT2D eigenvalue weighted by Gasteiger charge is -2.15. The molecular weight excluding hydrogens is 374 g/mol. The number of aromatic carboxylic acids is 1. The number of anilines is 1. The fourth-order valence-corrected chi connectivity index (χ4v) is 2.64. The number of rotatable bonds is 8. The number of carboxylic acids is 1. The molecule has 0 aromatic heterocycles.